The number of carboxylic acids is 3. The fraction of sp³-hybridized carbons (Fsp3) is 0.406. The highest BCUT2D eigenvalue weighted by atomic mass is 32.2. The number of benzene rings is 1. The van der Waals surface area contributed by atoms with E-state index in [2.05, 4.69) is 15.5 Å². The number of carbonyl (C=O) groups is 7. The van der Waals surface area contributed by atoms with Gasteiger partial charge in [0.05, 0.1) is 49.2 Å². The molecule has 0 saturated carbocycles. The lowest BCUT2D eigenvalue weighted by atomic mass is 9.86. The van der Waals surface area contributed by atoms with Crippen LogP contribution in [0.25, 0.3) is 0 Å². The van der Waals surface area contributed by atoms with Gasteiger partial charge in [-0.3, -0.25) is 33.7 Å². The van der Waals surface area contributed by atoms with Crippen molar-refractivity contribution in [2.75, 3.05) is 44.3 Å². The molecule has 7 rings (SSSR count). The van der Waals surface area contributed by atoms with Gasteiger partial charge in [-0.1, -0.05) is 5.16 Å². The summed E-state index contributed by atoms with van der Waals surface area (Å²) in [7, 11) is 0. The number of nitrogens with two attached hydrogens (primary N) is 1. The van der Waals surface area contributed by atoms with E-state index in [-0.39, 0.29) is 40.0 Å². The minimum Gasteiger partial charge on any atom is -0.504 e. The minimum atomic E-state index is -1.95. The highest BCUT2D eigenvalue weighted by Crippen LogP contribution is 2.49. The summed E-state index contributed by atoms with van der Waals surface area (Å²) in [6.07, 6.45) is -1.62. The molecule has 0 radical (unpaired) electrons. The van der Waals surface area contributed by atoms with E-state index in [1.165, 1.54) is 17.1 Å². The topological polar surface area (TPSA) is 309 Å². The SMILES string of the molecule is Nc1nc(C(=NO[C@@H](CC(=O)O)C(=O)O)C(=O)N[C@@H]2C(=O)N3C(C(=O)O)=C(C[N+]45CCC(CON6C(=O)c7cc(O)c(O)cc7C6=O)(CC4)C5)CS[C@H]23)cs1. The number of thiazole rings is 1. The largest absolute Gasteiger partial charge is 0.504 e. The van der Waals surface area contributed by atoms with E-state index in [0.717, 1.165) is 28.4 Å². The molecule has 5 aliphatic rings. The van der Waals surface area contributed by atoms with Crippen LogP contribution in [0.15, 0.2) is 33.9 Å². The third-order valence-corrected chi connectivity index (χ3v) is 12.3. The molecule has 290 valence electrons. The number of quaternary nitrogens is 1. The first kappa shape index (κ1) is 37.5. The Morgan fingerprint density at radius 3 is 2.29 bits per heavy atom. The Kier molecular flexibility index (Phi) is 9.43. The number of imide groups is 1. The molecule has 1 aromatic heterocycles. The second-order valence-corrected chi connectivity index (χ2v) is 15.8. The van der Waals surface area contributed by atoms with Gasteiger partial charge >= 0.3 is 17.9 Å². The van der Waals surface area contributed by atoms with Crippen LogP contribution in [0.4, 0.5) is 5.13 Å². The van der Waals surface area contributed by atoms with Gasteiger partial charge in [0.25, 0.3) is 23.6 Å². The number of hydrogen-bond donors (Lipinski definition) is 7. The number of thioether (sulfide) groups is 1. The van der Waals surface area contributed by atoms with E-state index in [1.54, 1.807) is 0 Å². The third-order valence-electron chi connectivity index (χ3n) is 10.3. The number of nitrogens with zero attached hydrogens (tertiary/aromatic N) is 5. The zero-order valence-electron chi connectivity index (χ0n) is 28.4. The number of piperidine rings is 1. The molecule has 2 bridgehead atoms. The van der Waals surface area contributed by atoms with Crippen LogP contribution < -0.4 is 11.1 Å². The molecule has 0 spiro atoms. The van der Waals surface area contributed by atoms with Gasteiger partial charge in [0, 0.05) is 29.5 Å². The molecule has 23 heteroatoms. The van der Waals surface area contributed by atoms with Gasteiger partial charge in [-0.2, -0.15) is 0 Å². The normalized spacial score (nSPS) is 26.1. The third kappa shape index (κ3) is 6.68. The average Bonchev–Trinajstić information content (AvgIpc) is 3.87. The number of nitrogens with one attached hydrogen (secondary N) is 1. The van der Waals surface area contributed by atoms with Crippen molar-refractivity contribution in [2.45, 2.75) is 36.8 Å². The fourth-order valence-corrected chi connectivity index (χ4v) is 9.53. The lowest BCUT2D eigenvalue weighted by Gasteiger charge is -2.50. The molecule has 3 saturated heterocycles. The number of rotatable bonds is 14. The molecule has 5 aliphatic heterocycles. The quantitative estimate of drug-likeness (QED) is 0.0312. The van der Waals surface area contributed by atoms with Gasteiger partial charge in [0.1, 0.15) is 29.4 Å². The van der Waals surface area contributed by atoms with E-state index in [0.29, 0.717) is 54.1 Å². The fourth-order valence-electron chi connectivity index (χ4n) is 7.64. The lowest BCUT2D eigenvalue weighted by Crippen LogP contribution is -2.71. The predicted octanol–water partition coefficient (Wildman–Crippen LogP) is -0.638. The number of aromatic nitrogens is 1. The van der Waals surface area contributed by atoms with Gasteiger partial charge in [0.15, 0.2) is 22.3 Å². The summed E-state index contributed by atoms with van der Waals surface area (Å²) in [5, 5.41) is 55.5. The predicted molar refractivity (Wildman–Crippen MR) is 185 cm³/mol. The Hall–Kier alpha value is -5.78. The number of phenolic OH excluding ortho intramolecular Hbond substituents is 2. The van der Waals surface area contributed by atoms with E-state index < -0.39 is 88.1 Å². The summed E-state index contributed by atoms with van der Waals surface area (Å²) in [5.41, 5.74) is 4.65. The summed E-state index contributed by atoms with van der Waals surface area (Å²) < 4.78 is 0.489. The minimum absolute atomic E-state index is 0.0183. The number of amides is 4. The second kappa shape index (κ2) is 13.8. The summed E-state index contributed by atoms with van der Waals surface area (Å²) in [6, 6.07) is 0.795. The van der Waals surface area contributed by atoms with Crippen LogP contribution in [0.2, 0.25) is 0 Å². The van der Waals surface area contributed by atoms with E-state index in [9.17, 15) is 54.0 Å². The van der Waals surface area contributed by atoms with Crippen molar-refractivity contribution in [1.82, 2.24) is 20.3 Å². The van der Waals surface area contributed by atoms with E-state index in [4.69, 9.17) is 20.5 Å². The van der Waals surface area contributed by atoms with Gasteiger partial charge in [-0.15, -0.1) is 28.2 Å². The summed E-state index contributed by atoms with van der Waals surface area (Å²) >= 11 is 2.16. The van der Waals surface area contributed by atoms with Gasteiger partial charge in [-0.25, -0.2) is 14.6 Å². The number of β-lactam (4-membered cyclic amide) rings is 1. The molecule has 4 amide bonds. The summed E-state index contributed by atoms with van der Waals surface area (Å²) in [6.45, 7) is 2.16. The van der Waals surface area contributed by atoms with Crippen molar-refractivity contribution in [2.24, 2.45) is 10.6 Å². The number of phenols is 2. The monoisotopic (exact) mass is 802 g/mol. The van der Waals surface area contributed by atoms with Crippen LogP contribution in [0, 0.1) is 5.41 Å². The number of nitrogen functional groups attached to an aromatic ring is 1. The molecule has 1 aromatic carbocycles. The van der Waals surface area contributed by atoms with Crippen molar-refractivity contribution < 1.29 is 73.3 Å². The second-order valence-electron chi connectivity index (χ2n) is 13.8. The van der Waals surface area contributed by atoms with Crippen LogP contribution in [0.3, 0.4) is 0 Å². The van der Waals surface area contributed by atoms with Crippen molar-refractivity contribution in [3.05, 3.63) is 45.6 Å². The zero-order chi connectivity index (χ0) is 39.6. The van der Waals surface area contributed by atoms with Gasteiger partial charge in [0.2, 0.25) is 6.10 Å². The van der Waals surface area contributed by atoms with Crippen molar-refractivity contribution in [3.8, 4) is 11.5 Å². The highest BCUT2D eigenvalue weighted by molar-refractivity contribution is 8.00. The first-order valence-electron chi connectivity index (χ1n) is 16.6. The Labute approximate surface area is 317 Å². The highest BCUT2D eigenvalue weighted by Gasteiger charge is 2.59. The maximum Gasteiger partial charge on any atom is 0.352 e. The molecule has 0 unspecified atom stereocenters. The average molecular weight is 803 g/mol. The zero-order valence-corrected chi connectivity index (χ0v) is 30.0. The smallest absolute Gasteiger partial charge is 0.352 e. The van der Waals surface area contributed by atoms with Gasteiger partial charge in [-0.05, 0) is 12.1 Å². The Morgan fingerprint density at radius 2 is 1.73 bits per heavy atom. The summed E-state index contributed by atoms with van der Waals surface area (Å²) in [5.74, 6) is -8.67. The molecule has 2 aromatic rings. The molecule has 0 aliphatic carbocycles. The number of carboxylic acid groups (broad SMARTS) is 3. The number of aliphatic carboxylic acids is 3. The number of hydrogen-bond acceptors (Lipinski definition) is 16. The molecular formula is C32H32N7O14S2+. The maximum atomic E-state index is 13.5. The molecule has 55 heavy (non-hydrogen) atoms. The number of anilines is 1. The van der Waals surface area contributed by atoms with Crippen LogP contribution in [-0.2, 0) is 33.6 Å². The van der Waals surface area contributed by atoms with Crippen LogP contribution in [0.1, 0.15) is 45.7 Å². The van der Waals surface area contributed by atoms with E-state index >= 15 is 0 Å². The Bertz CT molecular complexity index is 2090. The number of carbonyl (C=O) groups excluding carboxylic acids is 4. The van der Waals surface area contributed by atoms with Crippen molar-refractivity contribution in [1.29, 1.82) is 0 Å². The Morgan fingerprint density at radius 1 is 1.07 bits per heavy atom. The van der Waals surface area contributed by atoms with Crippen molar-refractivity contribution >= 4 is 75.5 Å². The molecule has 8 N–H and O–H groups in total. The molecule has 21 nitrogen and oxygen atoms in total. The molecular weight excluding hydrogens is 771 g/mol. The Balaban J connectivity index is 1.02. The molecule has 6 heterocycles. The van der Waals surface area contributed by atoms with Crippen LogP contribution in [-0.4, -0.2) is 148 Å². The van der Waals surface area contributed by atoms with Crippen molar-refractivity contribution in [3.63, 3.8) is 0 Å². The number of hydroxylamine groups is 2. The summed E-state index contributed by atoms with van der Waals surface area (Å²) in [4.78, 5) is 104. The maximum absolute atomic E-state index is 13.5. The molecule has 3 atom stereocenters. The molecule has 3 fully saturated rings. The number of oxime groups is 1. The first-order valence-corrected chi connectivity index (χ1v) is 18.5. The van der Waals surface area contributed by atoms with E-state index in [1.807, 2.05) is 0 Å². The lowest BCUT2D eigenvalue weighted by molar-refractivity contribution is -0.905. The van der Waals surface area contributed by atoms with Crippen LogP contribution in [0.5, 0.6) is 11.5 Å². The number of fused-ring (bicyclic) bond motifs is 4. The van der Waals surface area contributed by atoms with Crippen LogP contribution >= 0.6 is 23.1 Å². The van der Waals surface area contributed by atoms with Gasteiger partial charge < -0.3 is 45.9 Å². The standard InChI is InChI=1S/C32H31N7O14S2/c33-31-34-16(10-55-31)21(36-53-19(29(48)49)7-20(42)43)24(44)35-22-27(47)37-23(30(50)51)13(9-54-28(22)37)8-39-3-1-32(11-39,2-4-39)12-52-38-25(45)14-5-17(40)18(41)6-15(14)26(38)46/h5-6,10,19,22,28H,1-4,7-9,11-12H2,(H7-,33,34,35,36,40,41,42,43,44,45,46,48,49,50,51)/p+1/t19-,22+,28+,32?,39?/m0/s1. The number of aromatic hydroxyl groups is 2. The first-order chi connectivity index (χ1) is 26.0.